The Kier molecular flexibility index (Phi) is 7.04. The Hall–Kier alpha value is -3.37. The van der Waals surface area contributed by atoms with Gasteiger partial charge in [0.25, 0.3) is 5.91 Å². The molecule has 2 unspecified atom stereocenters. The molecule has 3 rings (SSSR count). The first-order valence-electron chi connectivity index (χ1n) is 10.0. The molecular weight excluding hydrogens is 380 g/mol. The lowest BCUT2D eigenvalue weighted by molar-refractivity contribution is -0.123. The van der Waals surface area contributed by atoms with Crippen molar-refractivity contribution in [2.24, 2.45) is 11.7 Å². The first-order chi connectivity index (χ1) is 14.4. The molecule has 2 aromatic carbocycles. The molecule has 1 fully saturated rings. The minimum absolute atomic E-state index is 0.0762. The fourth-order valence-corrected chi connectivity index (χ4v) is 3.52. The first kappa shape index (κ1) is 21.3. The number of anilines is 1. The summed E-state index contributed by atoms with van der Waals surface area (Å²) in [4.78, 5) is 26.1. The molecule has 0 aliphatic carbocycles. The highest BCUT2D eigenvalue weighted by molar-refractivity contribution is 5.94. The fraction of sp³-hybridized carbons (Fsp3) is 0.348. The Labute approximate surface area is 176 Å². The molecule has 0 spiro atoms. The van der Waals surface area contributed by atoms with E-state index in [1.165, 1.54) is 0 Å². The highest BCUT2D eigenvalue weighted by Gasteiger charge is 2.23. The van der Waals surface area contributed by atoms with Crippen molar-refractivity contribution in [1.29, 1.82) is 5.26 Å². The molecule has 156 valence electrons. The summed E-state index contributed by atoms with van der Waals surface area (Å²) in [7, 11) is 0. The van der Waals surface area contributed by atoms with Crippen LogP contribution in [0.1, 0.15) is 30.9 Å². The summed E-state index contributed by atoms with van der Waals surface area (Å²) in [5.41, 5.74) is 7.71. The number of carbonyl (C=O) groups excluding carboxylic acids is 2. The summed E-state index contributed by atoms with van der Waals surface area (Å²) in [6.07, 6.45) is 1.12. The van der Waals surface area contributed by atoms with Gasteiger partial charge in [0.05, 0.1) is 17.6 Å². The number of nitriles is 1. The van der Waals surface area contributed by atoms with E-state index in [9.17, 15) is 9.59 Å². The zero-order chi connectivity index (χ0) is 21.5. The number of carbonyl (C=O) groups is 2. The summed E-state index contributed by atoms with van der Waals surface area (Å²) < 4.78 is 5.64. The Bertz CT molecular complexity index is 936. The molecule has 1 heterocycles. The third-order valence-electron chi connectivity index (χ3n) is 5.18. The van der Waals surface area contributed by atoms with Gasteiger partial charge in [0.15, 0.2) is 6.10 Å². The van der Waals surface area contributed by atoms with Crippen LogP contribution < -0.4 is 15.8 Å². The SMILES string of the molecule is CC(Oc1cccc(C#N)c1)C(=O)Nc1ccc(CN2CCCC(C(N)=O)C2)cc1. The van der Waals surface area contributed by atoms with Gasteiger partial charge in [-0.25, -0.2) is 0 Å². The van der Waals surface area contributed by atoms with E-state index in [0.29, 0.717) is 23.5 Å². The smallest absolute Gasteiger partial charge is 0.265 e. The highest BCUT2D eigenvalue weighted by Crippen LogP contribution is 2.20. The van der Waals surface area contributed by atoms with Gasteiger partial charge in [-0.05, 0) is 62.2 Å². The molecule has 2 aromatic rings. The van der Waals surface area contributed by atoms with Gasteiger partial charge in [-0.1, -0.05) is 18.2 Å². The second-order valence-electron chi connectivity index (χ2n) is 7.56. The van der Waals surface area contributed by atoms with Crippen molar-refractivity contribution in [2.75, 3.05) is 18.4 Å². The second kappa shape index (κ2) is 9.90. The maximum absolute atomic E-state index is 12.4. The average molecular weight is 406 g/mol. The number of nitrogens with two attached hydrogens (primary N) is 1. The predicted octanol–water partition coefficient (Wildman–Crippen LogP) is 2.66. The molecule has 0 aromatic heterocycles. The lowest BCUT2D eigenvalue weighted by atomic mass is 9.97. The molecule has 0 saturated carbocycles. The largest absolute Gasteiger partial charge is 0.481 e. The summed E-state index contributed by atoms with van der Waals surface area (Å²) >= 11 is 0. The maximum Gasteiger partial charge on any atom is 0.265 e. The van der Waals surface area contributed by atoms with Gasteiger partial charge >= 0.3 is 0 Å². The van der Waals surface area contributed by atoms with E-state index in [-0.39, 0.29) is 17.7 Å². The molecule has 7 heteroatoms. The van der Waals surface area contributed by atoms with Gasteiger partial charge in [0.1, 0.15) is 5.75 Å². The van der Waals surface area contributed by atoms with Crippen LogP contribution in [0.5, 0.6) is 5.75 Å². The molecule has 2 atom stereocenters. The van der Waals surface area contributed by atoms with Crippen LogP contribution >= 0.6 is 0 Å². The molecule has 1 aliphatic heterocycles. The number of amides is 2. The van der Waals surface area contributed by atoms with Crippen LogP contribution in [-0.2, 0) is 16.1 Å². The van der Waals surface area contributed by atoms with Gasteiger partial charge in [-0.2, -0.15) is 5.26 Å². The monoisotopic (exact) mass is 406 g/mol. The minimum Gasteiger partial charge on any atom is -0.481 e. The van der Waals surface area contributed by atoms with E-state index in [1.54, 1.807) is 31.2 Å². The third-order valence-corrected chi connectivity index (χ3v) is 5.18. The molecule has 3 N–H and O–H groups in total. The number of benzene rings is 2. The molecule has 2 amide bonds. The van der Waals surface area contributed by atoms with Crippen LogP contribution in [0.4, 0.5) is 5.69 Å². The van der Waals surface area contributed by atoms with Gasteiger partial charge in [0.2, 0.25) is 5.91 Å². The van der Waals surface area contributed by atoms with Crippen molar-refractivity contribution in [1.82, 2.24) is 4.90 Å². The van der Waals surface area contributed by atoms with Crippen molar-refractivity contribution in [3.8, 4) is 11.8 Å². The van der Waals surface area contributed by atoms with Crippen molar-refractivity contribution >= 4 is 17.5 Å². The topological polar surface area (TPSA) is 108 Å². The fourth-order valence-electron chi connectivity index (χ4n) is 3.52. The Morgan fingerprint density at radius 1 is 1.30 bits per heavy atom. The number of rotatable bonds is 7. The summed E-state index contributed by atoms with van der Waals surface area (Å²) in [6, 6.07) is 16.4. The normalized spacial score (nSPS) is 17.5. The summed E-state index contributed by atoms with van der Waals surface area (Å²) in [5.74, 6) is -0.102. The van der Waals surface area contributed by atoms with E-state index in [1.807, 2.05) is 30.3 Å². The van der Waals surface area contributed by atoms with E-state index in [0.717, 1.165) is 31.5 Å². The number of hydrogen-bond acceptors (Lipinski definition) is 5. The minimum atomic E-state index is -0.710. The number of nitrogens with one attached hydrogen (secondary N) is 1. The molecule has 30 heavy (non-hydrogen) atoms. The average Bonchev–Trinajstić information content (AvgIpc) is 2.75. The zero-order valence-corrected chi connectivity index (χ0v) is 17.0. The lowest BCUT2D eigenvalue weighted by Gasteiger charge is -2.31. The number of primary amides is 1. The van der Waals surface area contributed by atoms with Gasteiger partial charge in [-0.15, -0.1) is 0 Å². The third kappa shape index (κ3) is 5.82. The van der Waals surface area contributed by atoms with Gasteiger partial charge in [0, 0.05) is 18.8 Å². The van der Waals surface area contributed by atoms with E-state index in [4.69, 9.17) is 15.7 Å². The zero-order valence-electron chi connectivity index (χ0n) is 17.0. The van der Waals surface area contributed by atoms with Crippen LogP contribution in [0.15, 0.2) is 48.5 Å². The Morgan fingerprint density at radius 2 is 2.07 bits per heavy atom. The molecule has 0 radical (unpaired) electrons. The molecule has 1 saturated heterocycles. The molecule has 7 nitrogen and oxygen atoms in total. The Balaban J connectivity index is 1.52. The van der Waals surface area contributed by atoms with Crippen LogP contribution in [0, 0.1) is 17.2 Å². The number of piperidine rings is 1. The van der Waals surface area contributed by atoms with Crippen LogP contribution in [-0.4, -0.2) is 35.9 Å². The number of nitrogens with zero attached hydrogens (tertiary/aromatic N) is 2. The van der Waals surface area contributed by atoms with Crippen LogP contribution in [0.25, 0.3) is 0 Å². The van der Waals surface area contributed by atoms with Gasteiger partial charge in [-0.3, -0.25) is 14.5 Å². The van der Waals surface area contributed by atoms with Crippen molar-refractivity contribution in [3.63, 3.8) is 0 Å². The van der Waals surface area contributed by atoms with E-state index in [2.05, 4.69) is 10.2 Å². The van der Waals surface area contributed by atoms with Gasteiger partial charge < -0.3 is 15.8 Å². The molecule has 1 aliphatic rings. The summed E-state index contributed by atoms with van der Waals surface area (Å²) in [6.45, 7) is 4.04. The number of likely N-dealkylation sites (tertiary alicyclic amines) is 1. The molecular formula is C23H26N4O3. The number of hydrogen-bond donors (Lipinski definition) is 2. The number of ether oxygens (including phenoxy) is 1. The lowest BCUT2D eigenvalue weighted by Crippen LogP contribution is -2.40. The Morgan fingerprint density at radius 3 is 2.77 bits per heavy atom. The maximum atomic E-state index is 12.4. The van der Waals surface area contributed by atoms with E-state index < -0.39 is 6.10 Å². The van der Waals surface area contributed by atoms with Crippen molar-refractivity contribution in [3.05, 3.63) is 59.7 Å². The quantitative estimate of drug-likeness (QED) is 0.735. The van der Waals surface area contributed by atoms with Crippen molar-refractivity contribution < 1.29 is 14.3 Å². The van der Waals surface area contributed by atoms with Crippen LogP contribution in [0.2, 0.25) is 0 Å². The summed E-state index contributed by atoms with van der Waals surface area (Å²) in [5, 5.41) is 11.8. The first-order valence-corrected chi connectivity index (χ1v) is 10.0. The predicted molar refractivity (Wildman–Crippen MR) is 114 cm³/mol. The van der Waals surface area contributed by atoms with Crippen molar-refractivity contribution in [2.45, 2.75) is 32.4 Å². The molecule has 0 bridgehead atoms. The van der Waals surface area contributed by atoms with Crippen LogP contribution in [0.3, 0.4) is 0 Å². The van der Waals surface area contributed by atoms with E-state index >= 15 is 0 Å². The second-order valence-corrected chi connectivity index (χ2v) is 7.56. The highest BCUT2D eigenvalue weighted by atomic mass is 16.5. The standard InChI is InChI=1S/C23H26N4O3/c1-16(30-21-6-2-4-18(12-21)13-24)23(29)26-20-9-7-17(8-10-20)14-27-11-3-5-19(15-27)22(25)28/h2,4,6-10,12,16,19H,3,5,11,14-15H2,1H3,(H2,25,28)(H,26,29).